The van der Waals surface area contributed by atoms with Crippen LogP contribution in [0.1, 0.15) is 13.3 Å². The van der Waals surface area contributed by atoms with E-state index >= 15 is 0 Å². The van der Waals surface area contributed by atoms with Crippen molar-refractivity contribution in [3.8, 4) is 0 Å². The van der Waals surface area contributed by atoms with Crippen molar-refractivity contribution in [2.24, 2.45) is 0 Å². The van der Waals surface area contributed by atoms with Gasteiger partial charge in [-0.1, -0.05) is 36.0 Å². The van der Waals surface area contributed by atoms with Crippen LogP contribution in [-0.2, 0) is 0 Å². The van der Waals surface area contributed by atoms with E-state index in [-0.39, 0.29) is 16.5 Å². The van der Waals surface area contributed by atoms with Crippen LogP contribution in [0.2, 0.25) is 0 Å². The molecular weight excluding hydrogens is 245 g/mol. The summed E-state index contributed by atoms with van der Waals surface area (Å²) in [6, 6.07) is 0. The third-order valence-corrected chi connectivity index (χ3v) is 1.64. The predicted molar refractivity (Wildman–Crippen MR) is 51.6 cm³/mol. The van der Waals surface area contributed by atoms with Gasteiger partial charge in [-0.05, 0) is 18.1 Å². The van der Waals surface area contributed by atoms with E-state index in [4.69, 9.17) is 0 Å². The molecule has 0 fully saturated rings. The van der Waals surface area contributed by atoms with Gasteiger partial charge in [0.1, 0.15) is 0 Å². The van der Waals surface area contributed by atoms with Crippen LogP contribution in [-0.4, -0.2) is 6.18 Å². The van der Waals surface area contributed by atoms with E-state index in [0.717, 1.165) is 6.08 Å². The number of allylic oxidation sites excluding steroid dienone is 4. The average molecular weight is 255 g/mol. The third kappa shape index (κ3) is 4.31. The molecule has 0 rings (SSSR count). The van der Waals surface area contributed by atoms with Crippen LogP contribution in [0.4, 0.5) is 13.2 Å². The Bertz CT molecular complexity index is 248. The van der Waals surface area contributed by atoms with Crippen molar-refractivity contribution >= 4 is 15.9 Å². The molecule has 4 heteroatoms. The first-order chi connectivity index (χ1) is 5.79. The molecule has 0 saturated carbocycles. The van der Waals surface area contributed by atoms with Crippen LogP contribution >= 0.6 is 15.9 Å². The van der Waals surface area contributed by atoms with Crippen molar-refractivity contribution < 1.29 is 13.2 Å². The fourth-order valence-corrected chi connectivity index (χ4v) is 0.960. The molecule has 0 aliphatic rings. The van der Waals surface area contributed by atoms with E-state index in [9.17, 15) is 13.2 Å². The first-order valence-corrected chi connectivity index (χ1v) is 4.39. The smallest absolute Gasteiger partial charge is 0.166 e. The lowest BCUT2D eigenvalue weighted by molar-refractivity contribution is -0.0894. The van der Waals surface area contributed by atoms with E-state index in [1.165, 1.54) is 0 Å². The fraction of sp³-hybridized carbons (Fsp3) is 0.333. The lowest BCUT2D eigenvalue weighted by Crippen LogP contribution is -2.13. The molecule has 0 atom stereocenters. The second-order valence-electron chi connectivity index (χ2n) is 2.46. The molecule has 74 valence electrons. The maximum absolute atomic E-state index is 12.3. The number of alkyl halides is 3. The van der Waals surface area contributed by atoms with Crippen molar-refractivity contribution in [1.82, 2.24) is 0 Å². The summed E-state index contributed by atoms with van der Waals surface area (Å²) in [5.41, 5.74) is -0.662. The van der Waals surface area contributed by atoms with Gasteiger partial charge in [0.05, 0.1) is 5.57 Å². The van der Waals surface area contributed by atoms with Gasteiger partial charge in [0.25, 0.3) is 0 Å². The van der Waals surface area contributed by atoms with Gasteiger partial charge < -0.3 is 0 Å². The Hall–Kier alpha value is -0.510. The van der Waals surface area contributed by atoms with Gasteiger partial charge in [-0.15, -0.1) is 0 Å². The molecule has 0 radical (unpaired) electrons. The van der Waals surface area contributed by atoms with Crippen LogP contribution < -0.4 is 0 Å². The average Bonchev–Trinajstić information content (AvgIpc) is 1.96. The van der Waals surface area contributed by atoms with Gasteiger partial charge in [0.15, 0.2) is 0 Å². The zero-order chi connectivity index (χ0) is 10.6. The van der Waals surface area contributed by atoms with E-state index in [1.807, 2.05) is 0 Å². The summed E-state index contributed by atoms with van der Waals surface area (Å²) < 4.78 is 37.2. The van der Waals surface area contributed by atoms with Gasteiger partial charge in [0, 0.05) is 4.48 Å². The molecule has 0 heterocycles. The molecular formula is C9H10BrF3. The van der Waals surface area contributed by atoms with Crippen LogP contribution in [0, 0.1) is 0 Å². The van der Waals surface area contributed by atoms with Crippen LogP contribution in [0.15, 0.2) is 34.9 Å². The van der Waals surface area contributed by atoms with Gasteiger partial charge >= 0.3 is 6.18 Å². The van der Waals surface area contributed by atoms with Gasteiger partial charge in [-0.3, -0.25) is 0 Å². The molecule has 0 aromatic rings. The van der Waals surface area contributed by atoms with Gasteiger partial charge in [0.2, 0.25) is 0 Å². The Balaban J connectivity index is 4.99. The largest absolute Gasteiger partial charge is 0.416 e. The summed E-state index contributed by atoms with van der Waals surface area (Å²) in [6.45, 7) is 8.29. The normalized spacial score (nSPS) is 12.8. The number of halogens is 4. The molecule has 0 nitrogen and oxygen atoms in total. The SMILES string of the molecule is C=C(Br)C=C(C(=C)CC)C(F)(F)F. The van der Waals surface area contributed by atoms with Gasteiger partial charge in [-0.2, -0.15) is 13.2 Å². The summed E-state index contributed by atoms with van der Waals surface area (Å²) in [5, 5.41) is 0. The predicted octanol–water partition coefficient (Wildman–Crippen LogP) is 4.35. The topological polar surface area (TPSA) is 0 Å². The van der Waals surface area contributed by atoms with Crippen molar-refractivity contribution in [3.63, 3.8) is 0 Å². The molecule has 0 aromatic heterocycles. The Labute approximate surface area is 84.0 Å². The molecule has 0 amide bonds. The summed E-state index contributed by atoms with van der Waals surface area (Å²) in [5.74, 6) is 0. The first kappa shape index (κ1) is 12.5. The lowest BCUT2D eigenvalue weighted by Gasteiger charge is -2.12. The number of rotatable bonds is 3. The summed E-state index contributed by atoms with van der Waals surface area (Å²) in [4.78, 5) is 0. The second kappa shape index (κ2) is 4.65. The van der Waals surface area contributed by atoms with Crippen molar-refractivity contribution in [2.75, 3.05) is 0 Å². The van der Waals surface area contributed by atoms with Crippen molar-refractivity contribution in [2.45, 2.75) is 19.5 Å². The fourth-order valence-electron chi connectivity index (χ4n) is 0.731. The minimum atomic E-state index is -4.36. The number of hydrogen-bond acceptors (Lipinski definition) is 0. The lowest BCUT2D eigenvalue weighted by atomic mass is 10.1. The van der Waals surface area contributed by atoms with E-state index < -0.39 is 11.7 Å². The molecule has 13 heavy (non-hydrogen) atoms. The summed E-state index contributed by atoms with van der Waals surface area (Å²) >= 11 is 2.85. The zero-order valence-corrected chi connectivity index (χ0v) is 8.80. The quantitative estimate of drug-likeness (QED) is 0.657. The third-order valence-electron chi connectivity index (χ3n) is 1.41. The Morgan fingerprint density at radius 3 is 2.08 bits per heavy atom. The highest BCUT2D eigenvalue weighted by Gasteiger charge is 2.34. The maximum Gasteiger partial charge on any atom is 0.416 e. The minimum Gasteiger partial charge on any atom is -0.166 e. The summed E-state index contributed by atoms with van der Waals surface area (Å²) in [7, 11) is 0. The first-order valence-electron chi connectivity index (χ1n) is 3.60. The molecule has 0 bridgehead atoms. The van der Waals surface area contributed by atoms with E-state index in [2.05, 4.69) is 29.1 Å². The molecule has 0 N–H and O–H groups in total. The highest BCUT2D eigenvalue weighted by atomic mass is 79.9. The van der Waals surface area contributed by atoms with Crippen LogP contribution in [0.25, 0.3) is 0 Å². The van der Waals surface area contributed by atoms with Crippen LogP contribution in [0.3, 0.4) is 0 Å². The van der Waals surface area contributed by atoms with Crippen molar-refractivity contribution in [1.29, 1.82) is 0 Å². The molecule has 0 aromatic carbocycles. The number of hydrogen-bond donors (Lipinski definition) is 0. The molecule has 0 aliphatic heterocycles. The van der Waals surface area contributed by atoms with E-state index in [1.54, 1.807) is 6.92 Å². The van der Waals surface area contributed by atoms with E-state index in [0.29, 0.717) is 0 Å². The zero-order valence-electron chi connectivity index (χ0n) is 7.21. The minimum absolute atomic E-state index is 0.0631. The summed E-state index contributed by atoms with van der Waals surface area (Å²) in [6.07, 6.45) is -3.15. The molecule has 0 aliphatic carbocycles. The highest BCUT2D eigenvalue weighted by Crippen LogP contribution is 2.33. The second-order valence-corrected chi connectivity index (χ2v) is 3.48. The van der Waals surface area contributed by atoms with Gasteiger partial charge in [-0.25, -0.2) is 0 Å². The maximum atomic E-state index is 12.3. The standard InChI is InChI=1S/C9H10BrF3/c1-4-6(2)8(5-7(3)10)9(11,12)13/h5H,2-4H2,1H3. The molecule has 0 saturated heterocycles. The highest BCUT2D eigenvalue weighted by molar-refractivity contribution is 9.11. The van der Waals surface area contributed by atoms with Crippen molar-refractivity contribution in [3.05, 3.63) is 34.9 Å². The Morgan fingerprint density at radius 1 is 1.38 bits per heavy atom. The Morgan fingerprint density at radius 2 is 1.85 bits per heavy atom. The Kier molecular flexibility index (Phi) is 4.47. The molecule has 0 spiro atoms. The van der Waals surface area contributed by atoms with Crippen LogP contribution in [0.5, 0.6) is 0 Å². The molecule has 0 unspecified atom stereocenters. The monoisotopic (exact) mass is 254 g/mol.